The smallest absolute Gasteiger partial charge is 0.326 e. The summed E-state index contributed by atoms with van der Waals surface area (Å²) in [6, 6.07) is 8.94. The van der Waals surface area contributed by atoms with Gasteiger partial charge in [0.2, 0.25) is 5.91 Å². The number of carboxylic acid groups (broad SMARTS) is 1. The van der Waals surface area contributed by atoms with Crippen LogP contribution in [-0.2, 0) is 29.0 Å². The molecule has 1 aliphatic heterocycles. The third-order valence-electron chi connectivity index (χ3n) is 4.10. The maximum absolute atomic E-state index is 12.6. The number of halogens is 1. The Morgan fingerprint density at radius 2 is 2.13 bits per heavy atom. The molecule has 23 heavy (non-hydrogen) atoms. The van der Waals surface area contributed by atoms with Crippen LogP contribution >= 0.6 is 27.3 Å². The molecule has 1 N–H and O–H groups in total. The molecule has 0 radical (unpaired) electrons. The number of rotatable bonds is 4. The van der Waals surface area contributed by atoms with Crippen LogP contribution in [0.25, 0.3) is 0 Å². The van der Waals surface area contributed by atoms with Crippen LogP contribution in [0.15, 0.2) is 40.2 Å². The van der Waals surface area contributed by atoms with Gasteiger partial charge in [0, 0.05) is 28.7 Å². The van der Waals surface area contributed by atoms with Crippen LogP contribution in [0.5, 0.6) is 0 Å². The second kappa shape index (κ2) is 6.84. The molecule has 1 unspecified atom stereocenters. The van der Waals surface area contributed by atoms with Gasteiger partial charge in [-0.2, -0.15) is 0 Å². The third kappa shape index (κ3) is 3.48. The highest BCUT2D eigenvalue weighted by atomic mass is 79.9. The number of thiophene rings is 1. The summed E-state index contributed by atoms with van der Waals surface area (Å²) in [5, 5.41) is 11.5. The molecule has 1 aliphatic rings. The number of benzene rings is 1. The number of hydrogen-bond donors (Lipinski definition) is 1. The fourth-order valence-corrected chi connectivity index (χ4v) is 4.17. The SMILES string of the molecule is O=C(O)C1Cc2c(Br)cccc2CN1C(=O)CCc1cccs1. The van der Waals surface area contributed by atoms with Gasteiger partial charge in [-0.1, -0.05) is 34.1 Å². The lowest BCUT2D eigenvalue weighted by molar-refractivity contribution is -0.151. The largest absolute Gasteiger partial charge is 0.480 e. The molecule has 6 heteroatoms. The lowest BCUT2D eigenvalue weighted by Gasteiger charge is -2.35. The molecule has 0 spiro atoms. The van der Waals surface area contributed by atoms with Crippen molar-refractivity contribution in [2.75, 3.05) is 0 Å². The molecule has 120 valence electrons. The molecule has 0 fully saturated rings. The van der Waals surface area contributed by atoms with Crippen molar-refractivity contribution in [3.63, 3.8) is 0 Å². The Balaban J connectivity index is 1.79. The van der Waals surface area contributed by atoms with E-state index in [2.05, 4.69) is 15.9 Å². The van der Waals surface area contributed by atoms with Gasteiger partial charge >= 0.3 is 5.97 Å². The summed E-state index contributed by atoms with van der Waals surface area (Å²) in [6.45, 7) is 0.356. The molecule has 4 nitrogen and oxygen atoms in total. The molecule has 2 heterocycles. The van der Waals surface area contributed by atoms with Crippen molar-refractivity contribution in [2.45, 2.75) is 31.8 Å². The Morgan fingerprint density at radius 1 is 1.30 bits per heavy atom. The van der Waals surface area contributed by atoms with Crippen LogP contribution in [0.1, 0.15) is 22.4 Å². The maximum atomic E-state index is 12.6. The van der Waals surface area contributed by atoms with Gasteiger partial charge in [-0.3, -0.25) is 4.79 Å². The minimum Gasteiger partial charge on any atom is -0.480 e. The van der Waals surface area contributed by atoms with Gasteiger partial charge in [0.1, 0.15) is 6.04 Å². The molecular weight excluding hydrogens is 378 g/mol. The number of fused-ring (bicyclic) bond motifs is 1. The molecule has 3 rings (SSSR count). The zero-order valence-corrected chi connectivity index (χ0v) is 14.8. The summed E-state index contributed by atoms with van der Waals surface area (Å²) in [7, 11) is 0. The fraction of sp³-hybridized carbons (Fsp3) is 0.294. The molecule has 0 bridgehead atoms. The lowest BCUT2D eigenvalue weighted by Crippen LogP contribution is -2.48. The molecule has 1 aromatic heterocycles. The number of hydrogen-bond acceptors (Lipinski definition) is 3. The zero-order valence-electron chi connectivity index (χ0n) is 12.4. The second-order valence-corrected chi connectivity index (χ2v) is 7.42. The molecule has 1 aromatic carbocycles. The normalized spacial score (nSPS) is 16.9. The Morgan fingerprint density at radius 3 is 2.83 bits per heavy atom. The Hall–Kier alpha value is -1.66. The molecule has 1 amide bonds. The lowest BCUT2D eigenvalue weighted by atomic mass is 9.93. The van der Waals surface area contributed by atoms with Crippen molar-refractivity contribution < 1.29 is 14.7 Å². The number of nitrogens with zero attached hydrogens (tertiary/aromatic N) is 1. The summed E-state index contributed by atoms with van der Waals surface area (Å²) in [5.74, 6) is -1.05. The van der Waals surface area contributed by atoms with Crippen molar-refractivity contribution in [2.24, 2.45) is 0 Å². The van der Waals surface area contributed by atoms with E-state index >= 15 is 0 Å². The summed E-state index contributed by atoms with van der Waals surface area (Å²) in [4.78, 5) is 26.8. The van der Waals surface area contributed by atoms with Crippen molar-refractivity contribution in [3.05, 3.63) is 56.2 Å². The fourth-order valence-electron chi connectivity index (χ4n) is 2.89. The Kier molecular flexibility index (Phi) is 4.82. The van der Waals surface area contributed by atoms with Crippen LogP contribution < -0.4 is 0 Å². The van der Waals surface area contributed by atoms with Crippen LogP contribution in [-0.4, -0.2) is 27.9 Å². The van der Waals surface area contributed by atoms with Gasteiger partial charge in [-0.25, -0.2) is 4.79 Å². The van der Waals surface area contributed by atoms with Crippen molar-refractivity contribution in [3.8, 4) is 0 Å². The molecule has 0 aliphatic carbocycles. The van der Waals surface area contributed by atoms with Crippen molar-refractivity contribution in [1.29, 1.82) is 0 Å². The van der Waals surface area contributed by atoms with Crippen LogP contribution in [0.4, 0.5) is 0 Å². The van der Waals surface area contributed by atoms with E-state index in [4.69, 9.17) is 0 Å². The first-order chi connectivity index (χ1) is 11.1. The summed E-state index contributed by atoms with van der Waals surface area (Å²) >= 11 is 5.09. The minimum absolute atomic E-state index is 0.101. The number of carbonyl (C=O) groups is 2. The second-order valence-electron chi connectivity index (χ2n) is 5.54. The third-order valence-corrected chi connectivity index (χ3v) is 5.78. The molecular formula is C17H16BrNO3S. The van der Waals surface area contributed by atoms with Gasteiger partial charge in [-0.15, -0.1) is 11.3 Å². The van der Waals surface area contributed by atoms with E-state index in [1.807, 2.05) is 35.7 Å². The average molecular weight is 394 g/mol. The maximum Gasteiger partial charge on any atom is 0.326 e. The van der Waals surface area contributed by atoms with E-state index in [0.717, 1.165) is 20.5 Å². The monoisotopic (exact) mass is 393 g/mol. The van der Waals surface area contributed by atoms with Gasteiger partial charge in [0.05, 0.1) is 0 Å². The molecule has 2 aromatic rings. The highest BCUT2D eigenvalue weighted by Crippen LogP contribution is 2.30. The Labute approximate surface area is 146 Å². The minimum atomic E-state index is -0.948. The van der Waals surface area contributed by atoms with E-state index in [1.165, 1.54) is 4.90 Å². The van der Waals surface area contributed by atoms with Crippen molar-refractivity contribution in [1.82, 2.24) is 4.90 Å². The number of aryl methyl sites for hydroxylation is 1. The summed E-state index contributed by atoms with van der Waals surface area (Å²) in [6.07, 6.45) is 1.34. The number of amides is 1. The van der Waals surface area contributed by atoms with Crippen LogP contribution in [0, 0.1) is 0 Å². The predicted molar refractivity (Wildman–Crippen MR) is 92.5 cm³/mol. The summed E-state index contributed by atoms with van der Waals surface area (Å²) < 4.78 is 0.909. The predicted octanol–water partition coefficient (Wildman–Crippen LogP) is 3.48. The standard InChI is InChI=1S/C17H16BrNO3S/c18-14-5-1-3-11-10-19(15(17(21)22)9-13(11)14)16(20)7-6-12-4-2-8-23-12/h1-5,8,15H,6-7,9-10H2,(H,21,22). The first-order valence-electron chi connectivity index (χ1n) is 7.37. The van der Waals surface area contributed by atoms with Crippen molar-refractivity contribution >= 4 is 39.1 Å². The van der Waals surface area contributed by atoms with E-state index in [1.54, 1.807) is 11.3 Å². The first kappa shape index (κ1) is 16.2. The zero-order chi connectivity index (χ0) is 16.4. The molecule has 0 saturated carbocycles. The van der Waals surface area contributed by atoms with E-state index in [0.29, 0.717) is 25.8 Å². The van der Waals surface area contributed by atoms with Gasteiger partial charge in [-0.05, 0) is 35.1 Å². The molecule has 0 saturated heterocycles. The van der Waals surface area contributed by atoms with E-state index in [-0.39, 0.29) is 5.91 Å². The first-order valence-corrected chi connectivity index (χ1v) is 9.04. The topological polar surface area (TPSA) is 57.6 Å². The highest BCUT2D eigenvalue weighted by molar-refractivity contribution is 9.10. The van der Waals surface area contributed by atoms with Gasteiger partial charge in [0.15, 0.2) is 0 Å². The summed E-state index contributed by atoms with van der Waals surface area (Å²) in [5.41, 5.74) is 2.00. The number of carboxylic acids is 1. The van der Waals surface area contributed by atoms with E-state index < -0.39 is 12.0 Å². The quantitative estimate of drug-likeness (QED) is 0.864. The average Bonchev–Trinajstić information content (AvgIpc) is 3.05. The van der Waals surface area contributed by atoms with Gasteiger partial charge < -0.3 is 10.0 Å². The number of carbonyl (C=O) groups excluding carboxylic acids is 1. The Bertz CT molecular complexity index is 729. The van der Waals surface area contributed by atoms with Crippen LogP contribution in [0.3, 0.4) is 0 Å². The van der Waals surface area contributed by atoms with Crippen LogP contribution in [0.2, 0.25) is 0 Å². The number of aliphatic carboxylic acids is 1. The molecule has 1 atom stereocenters. The van der Waals surface area contributed by atoms with Gasteiger partial charge in [0.25, 0.3) is 0 Å². The highest BCUT2D eigenvalue weighted by Gasteiger charge is 2.34. The van der Waals surface area contributed by atoms with E-state index in [9.17, 15) is 14.7 Å².